The van der Waals surface area contributed by atoms with Crippen molar-refractivity contribution in [1.82, 2.24) is 20.4 Å². The fourth-order valence-electron chi connectivity index (χ4n) is 3.75. The summed E-state index contributed by atoms with van der Waals surface area (Å²) in [7, 11) is 4.04. The van der Waals surface area contributed by atoms with Crippen LogP contribution in [0.4, 0.5) is 0 Å². The molecule has 1 saturated heterocycles. The number of hydrogen-bond acceptors (Lipinski definition) is 4. The minimum Gasteiger partial charge on any atom is -0.493 e. The monoisotopic (exact) mass is 373 g/mol. The number of fused-ring (bicyclic) bond motifs is 1. The first-order chi connectivity index (χ1) is 13.1. The lowest BCUT2D eigenvalue weighted by atomic mass is 10.1. The van der Waals surface area contributed by atoms with Crippen molar-refractivity contribution < 1.29 is 4.74 Å². The lowest BCUT2D eigenvalue weighted by molar-refractivity contribution is 0.139. The van der Waals surface area contributed by atoms with Gasteiger partial charge >= 0.3 is 0 Å². The van der Waals surface area contributed by atoms with Crippen molar-refractivity contribution in [2.45, 2.75) is 19.8 Å². The molecule has 0 saturated carbocycles. The van der Waals surface area contributed by atoms with Crippen LogP contribution in [0.3, 0.4) is 0 Å². The molecule has 6 nitrogen and oxygen atoms in total. The number of likely N-dealkylation sites (N-methyl/N-ethyl adjacent to an activating group) is 1. The summed E-state index contributed by atoms with van der Waals surface area (Å²) < 4.78 is 5.58. The lowest BCUT2D eigenvalue weighted by Gasteiger charge is -2.34. The SMILES string of the molecule is CN=C(NCCc1ccc2c(c1)CCO2)NCC(C)CN1CCN(C)CC1. The standard InChI is InChI=1S/C21H35N5O/c1-17(16-26-11-9-25(3)10-12-26)15-24-21(22-2)23-8-6-18-4-5-20-19(14-18)7-13-27-20/h4-5,14,17H,6-13,15-16H2,1-3H3,(H2,22,23,24). The fourth-order valence-corrected chi connectivity index (χ4v) is 3.75. The maximum atomic E-state index is 5.58. The average Bonchev–Trinajstić information content (AvgIpc) is 3.14. The van der Waals surface area contributed by atoms with E-state index in [4.69, 9.17) is 4.74 Å². The second-order valence-corrected chi connectivity index (χ2v) is 7.88. The number of rotatable bonds is 7. The van der Waals surface area contributed by atoms with Crippen LogP contribution in [0.1, 0.15) is 18.1 Å². The van der Waals surface area contributed by atoms with Gasteiger partial charge < -0.3 is 25.2 Å². The Morgan fingerprint density at radius 1 is 1.22 bits per heavy atom. The number of guanidine groups is 1. The maximum absolute atomic E-state index is 5.58. The van der Waals surface area contributed by atoms with Crippen molar-refractivity contribution in [3.05, 3.63) is 29.3 Å². The van der Waals surface area contributed by atoms with Gasteiger partial charge in [0.1, 0.15) is 5.75 Å². The third kappa shape index (κ3) is 6.11. The highest BCUT2D eigenvalue weighted by Crippen LogP contribution is 2.25. The van der Waals surface area contributed by atoms with Gasteiger partial charge in [-0.2, -0.15) is 0 Å². The van der Waals surface area contributed by atoms with Gasteiger partial charge in [-0.3, -0.25) is 4.99 Å². The van der Waals surface area contributed by atoms with E-state index < -0.39 is 0 Å². The predicted octanol–water partition coefficient (Wildman–Crippen LogP) is 1.21. The molecule has 1 atom stereocenters. The Bertz CT molecular complexity index is 625. The van der Waals surface area contributed by atoms with Crippen molar-refractivity contribution in [3.8, 4) is 5.75 Å². The summed E-state index contributed by atoms with van der Waals surface area (Å²) >= 11 is 0. The second-order valence-electron chi connectivity index (χ2n) is 7.88. The molecule has 2 aliphatic heterocycles. The van der Waals surface area contributed by atoms with E-state index in [1.807, 2.05) is 7.05 Å². The molecule has 1 fully saturated rings. The largest absolute Gasteiger partial charge is 0.493 e. The number of benzene rings is 1. The summed E-state index contributed by atoms with van der Waals surface area (Å²) in [4.78, 5) is 9.33. The third-order valence-corrected chi connectivity index (χ3v) is 5.47. The molecule has 27 heavy (non-hydrogen) atoms. The lowest BCUT2D eigenvalue weighted by Crippen LogP contribution is -2.47. The van der Waals surface area contributed by atoms with Crippen LogP contribution in [0.2, 0.25) is 0 Å². The Hall–Kier alpha value is -1.79. The Morgan fingerprint density at radius 3 is 2.81 bits per heavy atom. The molecule has 0 aromatic heterocycles. The Labute approximate surface area is 164 Å². The zero-order valence-corrected chi connectivity index (χ0v) is 17.1. The number of nitrogens with zero attached hydrogens (tertiary/aromatic N) is 3. The number of ether oxygens (including phenoxy) is 1. The van der Waals surface area contributed by atoms with Gasteiger partial charge in [0.25, 0.3) is 0 Å². The average molecular weight is 374 g/mol. The molecule has 1 aromatic rings. The number of aliphatic imine (C=N–C) groups is 1. The zero-order valence-electron chi connectivity index (χ0n) is 17.1. The Morgan fingerprint density at radius 2 is 2.04 bits per heavy atom. The first-order valence-electron chi connectivity index (χ1n) is 10.2. The normalized spacial score (nSPS) is 19.4. The van der Waals surface area contributed by atoms with Crippen LogP contribution in [-0.2, 0) is 12.8 Å². The van der Waals surface area contributed by atoms with E-state index >= 15 is 0 Å². The molecule has 0 radical (unpaired) electrons. The minimum absolute atomic E-state index is 0.601. The van der Waals surface area contributed by atoms with E-state index in [1.54, 1.807) is 0 Å². The summed E-state index contributed by atoms with van der Waals surface area (Å²) in [5.74, 6) is 2.55. The summed E-state index contributed by atoms with van der Waals surface area (Å²) in [5.41, 5.74) is 2.69. The summed E-state index contributed by atoms with van der Waals surface area (Å²) in [6, 6.07) is 6.54. The molecule has 0 aliphatic carbocycles. The van der Waals surface area contributed by atoms with Gasteiger partial charge in [0.05, 0.1) is 6.61 Å². The van der Waals surface area contributed by atoms with Crippen molar-refractivity contribution in [2.24, 2.45) is 10.9 Å². The predicted molar refractivity (Wildman–Crippen MR) is 112 cm³/mol. The molecule has 0 amide bonds. The van der Waals surface area contributed by atoms with Crippen molar-refractivity contribution in [1.29, 1.82) is 0 Å². The Balaban J connectivity index is 1.34. The molecule has 6 heteroatoms. The van der Waals surface area contributed by atoms with Crippen LogP contribution >= 0.6 is 0 Å². The van der Waals surface area contributed by atoms with Crippen LogP contribution in [0, 0.1) is 5.92 Å². The second kappa shape index (κ2) is 9.95. The molecule has 0 spiro atoms. The molecule has 2 N–H and O–H groups in total. The molecule has 1 aromatic carbocycles. The first kappa shape index (κ1) is 20.0. The molecular formula is C21H35N5O. The molecule has 2 heterocycles. The number of nitrogens with one attached hydrogen (secondary N) is 2. The van der Waals surface area contributed by atoms with E-state index in [0.717, 1.165) is 50.8 Å². The summed E-state index contributed by atoms with van der Waals surface area (Å²) in [6.07, 6.45) is 2.02. The third-order valence-electron chi connectivity index (χ3n) is 5.47. The Kier molecular flexibility index (Phi) is 7.35. The maximum Gasteiger partial charge on any atom is 0.190 e. The molecule has 3 rings (SSSR count). The minimum atomic E-state index is 0.601. The van der Waals surface area contributed by atoms with Gasteiger partial charge in [-0.1, -0.05) is 19.1 Å². The topological polar surface area (TPSA) is 52.1 Å². The molecule has 1 unspecified atom stereocenters. The molecule has 150 valence electrons. The smallest absolute Gasteiger partial charge is 0.190 e. The fraction of sp³-hybridized carbons (Fsp3) is 0.667. The van der Waals surface area contributed by atoms with Crippen LogP contribution in [0.5, 0.6) is 5.75 Å². The number of piperazine rings is 1. The summed E-state index contributed by atoms with van der Waals surface area (Å²) in [6.45, 7) is 10.8. The van der Waals surface area contributed by atoms with Crippen molar-refractivity contribution in [2.75, 3.05) is 66.5 Å². The molecular weight excluding hydrogens is 338 g/mol. The molecule has 0 bridgehead atoms. The highest BCUT2D eigenvalue weighted by Gasteiger charge is 2.16. The van der Waals surface area contributed by atoms with E-state index in [1.165, 1.54) is 37.3 Å². The van der Waals surface area contributed by atoms with Gasteiger partial charge in [-0.25, -0.2) is 0 Å². The van der Waals surface area contributed by atoms with Crippen LogP contribution in [-0.4, -0.2) is 82.3 Å². The number of hydrogen-bond donors (Lipinski definition) is 2. The van der Waals surface area contributed by atoms with Gasteiger partial charge in [0, 0.05) is 59.3 Å². The zero-order chi connectivity index (χ0) is 19.1. The van der Waals surface area contributed by atoms with Gasteiger partial charge in [0.2, 0.25) is 0 Å². The van der Waals surface area contributed by atoms with Crippen molar-refractivity contribution >= 4 is 5.96 Å². The van der Waals surface area contributed by atoms with E-state index in [2.05, 4.69) is 57.6 Å². The highest BCUT2D eigenvalue weighted by atomic mass is 16.5. The van der Waals surface area contributed by atoms with Gasteiger partial charge in [-0.15, -0.1) is 0 Å². The summed E-state index contributed by atoms with van der Waals surface area (Å²) in [5, 5.41) is 6.92. The van der Waals surface area contributed by atoms with E-state index in [0.29, 0.717) is 5.92 Å². The van der Waals surface area contributed by atoms with Crippen molar-refractivity contribution in [3.63, 3.8) is 0 Å². The highest BCUT2D eigenvalue weighted by molar-refractivity contribution is 5.79. The van der Waals surface area contributed by atoms with E-state index in [9.17, 15) is 0 Å². The van der Waals surface area contributed by atoms with E-state index in [-0.39, 0.29) is 0 Å². The van der Waals surface area contributed by atoms with Gasteiger partial charge in [0.15, 0.2) is 5.96 Å². The van der Waals surface area contributed by atoms with Crippen LogP contribution in [0.15, 0.2) is 23.2 Å². The first-order valence-corrected chi connectivity index (χ1v) is 10.2. The van der Waals surface area contributed by atoms with Crippen LogP contribution < -0.4 is 15.4 Å². The molecule has 2 aliphatic rings. The van der Waals surface area contributed by atoms with Gasteiger partial charge in [-0.05, 0) is 36.6 Å². The quantitative estimate of drug-likeness (QED) is 0.556. The van der Waals surface area contributed by atoms with Crippen LogP contribution in [0.25, 0.3) is 0 Å².